The monoisotopic (exact) mass is 770 g/mol. The van der Waals surface area contributed by atoms with Crippen LogP contribution in [0.4, 0.5) is 0 Å². The van der Waals surface area contributed by atoms with Gasteiger partial charge in [0.25, 0.3) is 0 Å². The van der Waals surface area contributed by atoms with Crippen LogP contribution in [0.1, 0.15) is 176 Å². The summed E-state index contributed by atoms with van der Waals surface area (Å²) in [7, 11) is 0. The van der Waals surface area contributed by atoms with Gasteiger partial charge < -0.3 is 0 Å². The summed E-state index contributed by atoms with van der Waals surface area (Å²) in [6, 6.07) is 8.63. The number of unbranched alkanes of at least 4 members (excludes halogenated alkanes) is 18. The van der Waals surface area contributed by atoms with Gasteiger partial charge >= 0.3 is 0 Å². The number of hydrogen-bond acceptors (Lipinski definition) is 4. The van der Waals surface area contributed by atoms with Crippen molar-refractivity contribution in [2.45, 2.75) is 155 Å². The molecule has 6 heteroatoms. The van der Waals surface area contributed by atoms with E-state index in [1.807, 2.05) is 0 Å². The molecular weight excluding hydrogens is 720 g/mol. The van der Waals surface area contributed by atoms with Crippen molar-refractivity contribution in [3.8, 4) is 24.3 Å². The average Bonchev–Trinajstić information content (AvgIpc) is 3.61. The molecule has 0 unspecified atom stereocenters. The number of benzene rings is 1. The lowest BCUT2D eigenvalue weighted by Crippen LogP contribution is -2.07. The highest BCUT2D eigenvalue weighted by Crippen LogP contribution is 2.52. The third kappa shape index (κ3) is 10.5. The maximum absolute atomic E-state index is 10.00. The lowest BCUT2D eigenvalue weighted by Gasteiger charge is -2.22. The molecule has 0 fully saturated rings. The van der Waals surface area contributed by atoms with E-state index in [-0.39, 0.29) is 11.1 Å². The van der Waals surface area contributed by atoms with Gasteiger partial charge in [0.05, 0.1) is 0 Å². The number of fused-ring (bicyclic) bond motifs is 2. The van der Waals surface area contributed by atoms with Crippen LogP contribution in [0.2, 0.25) is 0 Å². The Morgan fingerprint density at radius 2 is 0.729 bits per heavy atom. The SMILES string of the molecule is CCCCCCCCCCCCc1c2c(c(CCCCCCCCCCCC)c3c1C(=C(C#N)C#N)C(Br)=C3)C(=C(C#N)C#N)C(Br)=C2. The molecule has 2 aliphatic carbocycles. The summed E-state index contributed by atoms with van der Waals surface area (Å²) in [6.07, 6.45) is 30.6. The van der Waals surface area contributed by atoms with E-state index in [0.29, 0.717) is 11.1 Å². The van der Waals surface area contributed by atoms with Crippen LogP contribution in [0.5, 0.6) is 0 Å². The van der Waals surface area contributed by atoms with Gasteiger partial charge in [-0.3, -0.25) is 0 Å². The summed E-state index contributed by atoms with van der Waals surface area (Å²) in [6.45, 7) is 4.51. The lowest BCUT2D eigenvalue weighted by atomic mass is 9.81. The van der Waals surface area contributed by atoms with E-state index < -0.39 is 0 Å². The molecule has 0 atom stereocenters. The Hall–Kier alpha value is -2.90. The minimum Gasteiger partial charge on any atom is -0.192 e. The zero-order valence-electron chi connectivity index (χ0n) is 29.3. The van der Waals surface area contributed by atoms with Gasteiger partial charge in [-0.2, -0.15) is 21.0 Å². The third-order valence-electron chi connectivity index (χ3n) is 9.82. The highest BCUT2D eigenvalue weighted by Gasteiger charge is 2.35. The Bertz CT molecular complexity index is 1410. The molecule has 0 saturated heterocycles. The molecule has 0 spiro atoms. The summed E-state index contributed by atoms with van der Waals surface area (Å²) in [5.41, 5.74) is 7.79. The first-order valence-corrected chi connectivity index (χ1v) is 20.1. The van der Waals surface area contributed by atoms with E-state index in [4.69, 9.17) is 0 Å². The molecule has 0 saturated carbocycles. The van der Waals surface area contributed by atoms with E-state index in [1.165, 1.54) is 103 Å². The minimum atomic E-state index is 0.109. The summed E-state index contributed by atoms with van der Waals surface area (Å²) < 4.78 is 1.50. The number of nitrogens with zero attached hydrogens (tertiary/aromatic N) is 4. The number of allylic oxidation sites excluding steroid dienone is 6. The van der Waals surface area contributed by atoms with Gasteiger partial charge in [0.2, 0.25) is 0 Å². The molecule has 0 bridgehead atoms. The number of rotatable bonds is 22. The van der Waals surface area contributed by atoms with Gasteiger partial charge in [0, 0.05) is 20.1 Å². The standard InChI is InChI=1S/C42H52Br2N4/c1-3-5-7-9-11-13-15-17-19-21-23-33-35-25-37(43)40(32(29-47)30-48)42(35)34(24-22-20-18-16-14-12-10-8-6-4-2)36-26-38(44)39(41(33)36)31(27-45)28-46/h25-26H,3-24H2,1-2H3. The van der Waals surface area contributed by atoms with Gasteiger partial charge in [0.1, 0.15) is 35.4 Å². The molecular formula is C42H52Br2N4. The van der Waals surface area contributed by atoms with Crippen LogP contribution < -0.4 is 0 Å². The van der Waals surface area contributed by atoms with E-state index >= 15 is 0 Å². The number of halogens is 2. The highest BCUT2D eigenvalue weighted by atomic mass is 79.9. The normalized spacial score (nSPS) is 12.8. The van der Waals surface area contributed by atoms with Crippen LogP contribution in [0.3, 0.4) is 0 Å². The molecule has 0 N–H and O–H groups in total. The van der Waals surface area contributed by atoms with E-state index in [2.05, 4.69) is 82.1 Å². The zero-order valence-corrected chi connectivity index (χ0v) is 32.4. The van der Waals surface area contributed by atoms with Gasteiger partial charge in [-0.1, -0.05) is 161 Å². The molecule has 4 nitrogen and oxygen atoms in total. The Morgan fingerprint density at radius 3 is 1.00 bits per heavy atom. The molecule has 0 amide bonds. The summed E-state index contributed by atoms with van der Waals surface area (Å²) in [5, 5.41) is 40.0. The van der Waals surface area contributed by atoms with Crippen molar-refractivity contribution in [3.63, 3.8) is 0 Å². The Labute approximate surface area is 307 Å². The van der Waals surface area contributed by atoms with Crippen LogP contribution in [0.15, 0.2) is 20.1 Å². The topological polar surface area (TPSA) is 95.2 Å². The second-order valence-corrected chi connectivity index (χ2v) is 15.0. The molecule has 2 aliphatic rings. The molecule has 0 aromatic heterocycles. The van der Waals surface area contributed by atoms with Crippen molar-refractivity contribution in [1.82, 2.24) is 0 Å². The number of hydrogen-bond donors (Lipinski definition) is 0. The molecule has 3 rings (SSSR count). The lowest BCUT2D eigenvalue weighted by molar-refractivity contribution is 0.555. The molecule has 0 aliphatic heterocycles. The predicted molar refractivity (Wildman–Crippen MR) is 208 cm³/mol. The van der Waals surface area contributed by atoms with Gasteiger partial charge in [-0.15, -0.1) is 0 Å². The van der Waals surface area contributed by atoms with Gasteiger partial charge in [0.15, 0.2) is 0 Å². The summed E-state index contributed by atoms with van der Waals surface area (Å²) in [5.74, 6) is 0. The first kappa shape index (κ1) is 39.5. The minimum absolute atomic E-state index is 0.109. The fourth-order valence-electron chi connectivity index (χ4n) is 7.28. The second-order valence-electron chi connectivity index (χ2n) is 13.3. The maximum atomic E-state index is 10.00. The van der Waals surface area contributed by atoms with E-state index in [1.54, 1.807) is 0 Å². The summed E-state index contributed by atoms with van der Waals surface area (Å²) >= 11 is 7.47. The quantitative estimate of drug-likeness (QED) is 0.0866. The van der Waals surface area contributed by atoms with Crippen molar-refractivity contribution >= 4 is 55.2 Å². The fourth-order valence-corrected chi connectivity index (χ4v) is 8.53. The molecule has 254 valence electrons. The third-order valence-corrected chi connectivity index (χ3v) is 11.1. The van der Waals surface area contributed by atoms with Gasteiger partial charge in [-0.05, 0) is 71.2 Å². The maximum Gasteiger partial charge on any atom is 0.138 e. The highest BCUT2D eigenvalue weighted by molar-refractivity contribution is 9.12. The Balaban J connectivity index is 1.93. The van der Waals surface area contributed by atoms with Crippen LogP contribution in [0, 0.1) is 45.3 Å². The van der Waals surface area contributed by atoms with Crippen molar-refractivity contribution in [3.05, 3.63) is 53.5 Å². The van der Waals surface area contributed by atoms with Gasteiger partial charge in [-0.25, -0.2) is 0 Å². The van der Waals surface area contributed by atoms with Crippen LogP contribution in [0.25, 0.3) is 23.3 Å². The number of nitriles is 4. The van der Waals surface area contributed by atoms with Crippen LogP contribution in [-0.4, -0.2) is 0 Å². The smallest absolute Gasteiger partial charge is 0.138 e. The molecule has 0 radical (unpaired) electrons. The Kier molecular flexibility index (Phi) is 18.1. The van der Waals surface area contributed by atoms with Crippen LogP contribution in [-0.2, 0) is 12.8 Å². The average molecular weight is 773 g/mol. The molecule has 1 aromatic rings. The zero-order chi connectivity index (χ0) is 34.7. The largest absolute Gasteiger partial charge is 0.192 e. The Morgan fingerprint density at radius 1 is 0.458 bits per heavy atom. The second kappa shape index (κ2) is 21.9. The van der Waals surface area contributed by atoms with Crippen molar-refractivity contribution in [2.75, 3.05) is 0 Å². The van der Waals surface area contributed by atoms with E-state index in [0.717, 1.165) is 80.9 Å². The van der Waals surface area contributed by atoms with E-state index in [9.17, 15) is 21.0 Å². The first-order chi connectivity index (χ1) is 23.5. The summed E-state index contributed by atoms with van der Waals surface area (Å²) in [4.78, 5) is 0. The van der Waals surface area contributed by atoms with Crippen molar-refractivity contribution in [1.29, 1.82) is 21.0 Å². The molecule has 0 heterocycles. The predicted octanol–water partition coefficient (Wildman–Crippen LogP) is 13.7. The van der Waals surface area contributed by atoms with Crippen LogP contribution >= 0.6 is 31.9 Å². The molecule has 48 heavy (non-hydrogen) atoms. The fraction of sp³-hybridized carbons (Fsp3) is 0.571. The first-order valence-electron chi connectivity index (χ1n) is 18.5. The van der Waals surface area contributed by atoms with Crippen molar-refractivity contribution in [2.24, 2.45) is 0 Å². The van der Waals surface area contributed by atoms with Crippen molar-refractivity contribution < 1.29 is 0 Å². The molecule has 1 aromatic carbocycles.